The number of nitrogens with zero attached hydrogens (tertiary/aromatic N) is 2. The molecule has 0 aliphatic carbocycles. The van der Waals surface area contributed by atoms with Crippen LogP contribution in [0.15, 0.2) is 30.9 Å². The van der Waals surface area contributed by atoms with Crippen LogP contribution >= 0.6 is 0 Å². The summed E-state index contributed by atoms with van der Waals surface area (Å²) in [5.74, 6) is -0.601. The number of nitro groups is 2. The maximum absolute atomic E-state index is 10.8. The van der Waals surface area contributed by atoms with Gasteiger partial charge in [0.25, 0.3) is 0 Å². The van der Waals surface area contributed by atoms with E-state index in [-0.39, 0.29) is 13.0 Å². The molecular weight excluding hydrogens is 256 g/mol. The summed E-state index contributed by atoms with van der Waals surface area (Å²) in [6.07, 6.45) is 1.22. The van der Waals surface area contributed by atoms with Crippen molar-refractivity contribution in [1.82, 2.24) is 0 Å². The third-order valence-corrected chi connectivity index (χ3v) is 2.23. The van der Waals surface area contributed by atoms with E-state index in [1.807, 2.05) is 0 Å². The Bertz CT molecular complexity index is 540. The monoisotopic (exact) mass is 266 g/mol. The quantitative estimate of drug-likeness (QED) is 0.335. The fourth-order valence-electron chi connectivity index (χ4n) is 1.35. The zero-order chi connectivity index (χ0) is 14.4. The maximum atomic E-state index is 10.8. The molecule has 0 saturated carbocycles. The van der Waals surface area contributed by atoms with Crippen molar-refractivity contribution >= 4 is 17.3 Å². The van der Waals surface area contributed by atoms with E-state index >= 15 is 0 Å². The fraction of sp³-hybridized carbons (Fsp3) is 0.182. The van der Waals surface area contributed by atoms with E-state index < -0.39 is 27.2 Å². The first-order valence-corrected chi connectivity index (χ1v) is 5.16. The molecular formula is C11H10N2O6. The third kappa shape index (κ3) is 3.87. The molecule has 1 aromatic rings. The topological polar surface area (TPSA) is 113 Å². The molecule has 1 aromatic carbocycles. The Labute approximate surface area is 107 Å². The van der Waals surface area contributed by atoms with E-state index in [0.717, 1.165) is 18.2 Å². The van der Waals surface area contributed by atoms with Gasteiger partial charge < -0.3 is 4.74 Å². The minimum absolute atomic E-state index is 0.0137. The van der Waals surface area contributed by atoms with Crippen molar-refractivity contribution < 1.29 is 19.4 Å². The lowest BCUT2D eigenvalue weighted by molar-refractivity contribution is -0.422. The van der Waals surface area contributed by atoms with Crippen LogP contribution in [0.1, 0.15) is 5.56 Å². The third-order valence-electron chi connectivity index (χ3n) is 2.23. The Kier molecular flexibility index (Phi) is 4.69. The van der Waals surface area contributed by atoms with Crippen LogP contribution in [0.25, 0.3) is 0 Å². The van der Waals surface area contributed by atoms with Crippen molar-refractivity contribution in [2.75, 3.05) is 6.61 Å². The van der Waals surface area contributed by atoms with Crippen LogP contribution in [0.2, 0.25) is 0 Å². The number of carbonyl (C=O) groups excluding carboxylic acids is 1. The van der Waals surface area contributed by atoms with Crippen LogP contribution in [-0.2, 0) is 16.0 Å². The molecule has 19 heavy (non-hydrogen) atoms. The number of esters is 1. The maximum Gasteiger partial charge on any atom is 0.346 e. The Balaban J connectivity index is 2.84. The molecule has 0 aromatic heterocycles. The molecule has 0 spiro atoms. The molecule has 0 bridgehead atoms. The van der Waals surface area contributed by atoms with Crippen LogP contribution in [0.4, 0.5) is 11.4 Å². The highest BCUT2D eigenvalue weighted by Gasteiger charge is 2.23. The highest BCUT2D eigenvalue weighted by atomic mass is 16.6. The highest BCUT2D eigenvalue weighted by Crippen LogP contribution is 2.27. The Morgan fingerprint density at radius 3 is 2.42 bits per heavy atom. The number of benzene rings is 1. The zero-order valence-corrected chi connectivity index (χ0v) is 9.77. The van der Waals surface area contributed by atoms with Crippen molar-refractivity contribution in [2.24, 2.45) is 0 Å². The number of ether oxygens (including phenoxy) is 1. The highest BCUT2D eigenvalue weighted by molar-refractivity contribution is 5.81. The fourth-order valence-corrected chi connectivity index (χ4v) is 1.35. The van der Waals surface area contributed by atoms with Gasteiger partial charge in [-0.05, 0) is 5.56 Å². The molecule has 0 aliphatic heterocycles. The van der Waals surface area contributed by atoms with Crippen molar-refractivity contribution in [3.05, 3.63) is 56.6 Å². The normalized spacial score (nSPS) is 9.68. The number of nitro benzene ring substituents is 2. The molecule has 1 rings (SSSR count). The lowest BCUT2D eigenvalue weighted by atomic mass is 10.1. The second-order valence-electron chi connectivity index (χ2n) is 3.46. The van der Waals surface area contributed by atoms with Crippen LogP contribution in [0, 0.1) is 20.2 Å². The van der Waals surface area contributed by atoms with Gasteiger partial charge in [-0.3, -0.25) is 20.2 Å². The predicted octanol–water partition coefficient (Wildman–Crippen LogP) is 1.77. The number of carbonyl (C=O) groups is 1. The summed E-state index contributed by atoms with van der Waals surface area (Å²) in [7, 11) is 0. The number of rotatable bonds is 6. The largest absolute Gasteiger partial charge is 0.462 e. The van der Waals surface area contributed by atoms with Crippen molar-refractivity contribution in [1.29, 1.82) is 0 Å². The van der Waals surface area contributed by atoms with E-state index in [2.05, 4.69) is 6.58 Å². The Morgan fingerprint density at radius 1 is 1.26 bits per heavy atom. The van der Waals surface area contributed by atoms with Gasteiger partial charge in [0.2, 0.25) is 0 Å². The molecule has 0 saturated heterocycles. The molecule has 0 unspecified atom stereocenters. The first-order chi connectivity index (χ1) is 8.95. The van der Waals surface area contributed by atoms with Crippen LogP contribution in [0.3, 0.4) is 0 Å². The summed E-state index contributed by atoms with van der Waals surface area (Å²) in [5, 5.41) is 21.3. The minimum Gasteiger partial charge on any atom is -0.462 e. The van der Waals surface area contributed by atoms with E-state index in [1.54, 1.807) is 0 Å². The van der Waals surface area contributed by atoms with Crippen molar-refractivity contribution in [2.45, 2.75) is 6.42 Å². The minimum atomic E-state index is -0.822. The SMILES string of the molecule is C=CC(=O)OCCc1ccc([N+](=O)[O-])c([N+](=O)[O-])c1. The van der Waals surface area contributed by atoms with Gasteiger partial charge in [-0.25, -0.2) is 4.79 Å². The molecule has 8 heteroatoms. The second-order valence-corrected chi connectivity index (χ2v) is 3.46. The van der Waals surface area contributed by atoms with Gasteiger partial charge in [-0.1, -0.05) is 12.6 Å². The van der Waals surface area contributed by atoms with Crippen molar-refractivity contribution in [3.8, 4) is 0 Å². The first kappa shape index (κ1) is 14.3. The molecule has 0 aliphatic rings. The molecule has 0 radical (unpaired) electrons. The van der Waals surface area contributed by atoms with Crippen LogP contribution in [-0.4, -0.2) is 22.4 Å². The summed E-state index contributed by atoms with van der Waals surface area (Å²) in [5.41, 5.74) is -0.691. The second kappa shape index (κ2) is 6.24. The average molecular weight is 266 g/mol. The van der Waals surface area contributed by atoms with Gasteiger partial charge in [0.1, 0.15) is 0 Å². The van der Waals surface area contributed by atoms with E-state index in [0.29, 0.717) is 5.56 Å². The van der Waals surface area contributed by atoms with Gasteiger partial charge in [0, 0.05) is 24.6 Å². The average Bonchev–Trinajstić information content (AvgIpc) is 2.38. The molecule has 0 atom stereocenters. The summed E-state index contributed by atoms with van der Waals surface area (Å²) in [4.78, 5) is 30.5. The summed E-state index contributed by atoms with van der Waals surface area (Å²) >= 11 is 0. The standard InChI is InChI=1S/C11H10N2O6/c1-2-11(14)19-6-5-8-3-4-9(12(15)16)10(7-8)13(17)18/h2-4,7H,1,5-6H2. The molecule has 8 nitrogen and oxygen atoms in total. The summed E-state index contributed by atoms with van der Waals surface area (Å²) < 4.78 is 4.71. The lowest BCUT2D eigenvalue weighted by Crippen LogP contribution is -2.05. The zero-order valence-electron chi connectivity index (χ0n) is 9.77. The number of hydrogen-bond acceptors (Lipinski definition) is 6. The van der Waals surface area contributed by atoms with Crippen LogP contribution < -0.4 is 0 Å². The Hall–Kier alpha value is -2.77. The molecule has 0 heterocycles. The van der Waals surface area contributed by atoms with E-state index in [1.165, 1.54) is 6.07 Å². The molecule has 100 valence electrons. The molecule has 0 amide bonds. The molecule has 0 N–H and O–H groups in total. The van der Waals surface area contributed by atoms with E-state index in [9.17, 15) is 25.0 Å². The van der Waals surface area contributed by atoms with Gasteiger partial charge >= 0.3 is 17.3 Å². The van der Waals surface area contributed by atoms with Gasteiger partial charge in [-0.15, -0.1) is 0 Å². The Morgan fingerprint density at radius 2 is 1.89 bits per heavy atom. The summed E-state index contributed by atoms with van der Waals surface area (Å²) in [6, 6.07) is 3.54. The molecule has 0 fully saturated rings. The van der Waals surface area contributed by atoms with Gasteiger partial charge in [-0.2, -0.15) is 0 Å². The lowest BCUT2D eigenvalue weighted by Gasteiger charge is -2.02. The van der Waals surface area contributed by atoms with Crippen LogP contribution in [0.5, 0.6) is 0 Å². The first-order valence-electron chi connectivity index (χ1n) is 5.16. The van der Waals surface area contributed by atoms with Gasteiger partial charge in [0.15, 0.2) is 0 Å². The predicted molar refractivity (Wildman–Crippen MR) is 64.6 cm³/mol. The van der Waals surface area contributed by atoms with E-state index in [4.69, 9.17) is 4.74 Å². The summed E-state index contributed by atoms with van der Waals surface area (Å²) in [6.45, 7) is 3.23. The van der Waals surface area contributed by atoms with Crippen molar-refractivity contribution in [3.63, 3.8) is 0 Å². The number of hydrogen-bond donors (Lipinski definition) is 0. The smallest absolute Gasteiger partial charge is 0.346 e. The van der Waals surface area contributed by atoms with Gasteiger partial charge in [0.05, 0.1) is 16.5 Å².